The summed E-state index contributed by atoms with van der Waals surface area (Å²) in [6.07, 6.45) is 12.3. The molecule has 0 saturated carbocycles. The van der Waals surface area contributed by atoms with Gasteiger partial charge in [0.2, 0.25) is 0 Å². The van der Waals surface area contributed by atoms with E-state index in [2.05, 4.69) is 18.2 Å². The Balaban J connectivity index is 2.08. The van der Waals surface area contributed by atoms with Crippen molar-refractivity contribution >= 4 is 0 Å². The SMILES string of the molecule is CCOC1CC=CC[C@H]1O[C@@H](C1=CC=CCC1)[C@H](O)CO. The van der Waals surface area contributed by atoms with E-state index in [1.165, 1.54) is 0 Å². The normalized spacial score (nSPS) is 28.2. The summed E-state index contributed by atoms with van der Waals surface area (Å²) >= 11 is 0. The van der Waals surface area contributed by atoms with Crippen LogP contribution < -0.4 is 0 Å². The molecule has 2 rings (SSSR count). The molecule has 0 aromatic heterocycles. The molecule has 21 heavy (non-hydrogen) atoms. The van der Waals surface area contributed by atoms with Crippen molar-refractivity contribution in [3.05, 3.63) is 36.0 Å². The van der Waals surface area contributed by atoms with Gasteiger partial charge in [0.05, 0.1) is 18.8 Å². The van der Waals surface area contributed by atoms with Gasteiger partial charge in [-0.05, 0) is 38.2 Å². The molecule has 4 heteroatoms. The van der Waals surface area contributed by atoms with Gasteiger partial charge < -0.3 is 19.7 Å². The second-order valence-corrected chi connectivity index (χ2v) is 5.49. The molecule has 2 N–H and O–H groups in total. The Kier molecular flexibility index (Phi) is 6.64. The van der Waals surface area contributed by atoms with E-state index in [0.717, 1.165) is 31.3 Å². The summed E-state index contributed by atoms with van der Waals surface area (Å²) < 4.78 is 11.9. The Labute approximate surface area is 126 Å². The summed E-state index contributed by atoms with van der Waals surface area (Å²) in [5.41, 5.74) is 1.05. The molecule has 0 heterocycles. The van der Waals surface area contributed by atoms with Crippen molar-refractivity contribution < 1.29 is 19.7 Å². The highest BCUT2D eigenvalue weighted by Gasteiger charge is 2.31. The predicted octanol–water partition coefficient (Wildman–Crippen LogP) is 2.12. The molecular weight excluding hydrogens is 268 g/mol. The van der Waals surface area contributed by atoms with Crippen molar-refractivity contribution in [2.75, 3.05) is 13.2 Å². The third-order valence-electron chi connectivity index (χ3n) is 3.97. The number of hydrogen-bond acceptors (Lipinski definition) is 4. The Morgan fingerprint density at radius 2 is 2.00 bits per heavy atom. The Morgan fingerprint density at radius 3 is 2.62 bits per heavy atom. The van der Waals surface area contributed by atoms with Gasteiger partial charge >= 0.3 is 0 Å². The van der Waals surface area contributed by atoms with Crippen molar-refractivity contribution in [2.45, 2.75) is 57.0 Å². The van der Waals surface area contributed by atoms with Crippen LogP contribution in [0.15, 0.2) is 36.0 Å². The number of aliphatic hydroxyl groups is 2. The monoisotopic (exact) mass is 294 g/mol. The first-order valence-corrected chi connectivity index (χ1v) is 7.82. The second-order valence-electron chi connectivity index (χ2n) is 5.49. The quantitative estimate of drug-likeness (QED) is 0.706. The maximum Gasteiger partial charge on any atom is 0.107 e. The number of rotatable bonds is 7. The van der Waals surface area contributed by atoms with E-state index >= 15 is 0 Å². The lowest BCUT2D eigenvalue weighted by Gasteiger charge is -2.34. The minimum atomic E-state index is -0.893. The zero-order chi connectivity index (χ0) is 15.1. The third kappa shape index (κ3) is 4.51. The van der Waals surface area contributed by atoms with Crippen LogP contribution in [0.2, 0.25) is 0 Å². The first-order valence-electron chi connectivity index (χ1n) is 7.82. The van der Waals surface area contributed by atoms with E-state index in [4.69, 9.17) is 9.47 Å². The summed E-state index contributed by atoms with van der Waals surface area (Å²) in [6, 6.07) is 0. The maximum atomic E-state index is 10.1. The zero-order valence-electron chi connectivity index (χ0n) is 12.6. The van der Waals surface area contributed by atoms with Crippen LogP contribution in [0.5, 0.6) is 0 Å². The van der Waals surface area contributed by atoms with Gasteiger partial charge in [-0.1, -0.05) is 30.4 Å². The smallest absolute Gasteiger partial charge is 0.107 e. The summed E-state index contributed by atoms with van der Waals surface area (Å²) in [5.74, 6) is 0. The van der Waals surface area contributed by atoms with Crippen LogP contribution in [0, 0.1) is 0 Å². The van der Waals surface area contributed by atoms with Crippen LogP contribution in [-0.4, -0.2) is 47.8 Å². The van der Waals surface area contributed by atoms with Gasteiger partial charge in [-0.3, -0.25) is 0 Å². The fourth-order valence-corrected chi connectivity index (χ4v) is 2.86. The molecule has 0 aromatic rings. The topological polar surface area (TPSA) is 58.9 Å². The van der Waals surface area contributed by atoms with Crippen molar-refractivity contribution in [2.24, 2.45) is 0 Å². The fourth-order valence-electron chi connectivity index (χ4n) is 2.86. The minimum Gasteiger partial charge on any atom is -0.394 e. The van der Waals surface area contributed by atoms with Crippen LogP contribution in [0.4, 0.5) is 0 Å². The van der Waals surface area contributed by atoms with Crippen molar-refractivity contribution in [3.63, 3.8) is 0 Å². The summed E-state index contributed by atoms with van der Waals surface area (Å²) in [5, 5.41) is 19.4. The number of ether oxygens (including phenoxy) is 2. The van der Waals surface area contributed by atoms with Gasteiger partial charge in [-0.15, -0.1) is 0 Å². The Hall–Kier alpha value is -0.940. The highest BCUT2D eigenvalue weighted by Crippen LogP contribution is 2.26. The molecule has 1 unspecified atom stereocenters. The van der Waals surface area contributed by atoms with E-state index in [9.17, 15) is 10.2 Å². The third-order valence-corrected chi connectivity index (χ3v) is 3.97. The lowest BCUT2D eigenvalue weighted by Crippen LogP contribution is -2.42. The molecule has 2 aliphatic carbocycles. The molecule has 0 radical (unpaired) electrons. The van der Waals surface area contributed by atoms with E-state index in [1.807, 2.05) is 19.1 Å². The molecule has 4 atom stereocenters. The standard InChI is InChI=1S/C17H26O4/c1-2-20-15-10-6-7-11-16(15)21-17(14(19)12-18)13-8-4-3-5-9-13/h3-4,6-8,14-19H,2,5,9-12H2,1H3/t14-,15?,16-,17+/m1/s1. The van der Waals surface area contributed by atoms with Crippen molar-refractivity contribution in [1.82, 2.24) is 0 Å². The number of aliphatic hydroxyl groups excluding tert-OH is 2. The van der Waals surface area contributed by atoms with Gasteiger partial charge in [0, 0.05) is 6.61 Å². The number of allylic oxidation sites excluding steroid dienone is 3. The maximum absolute atomic E-state index is 10.1. The molecule has 2 aliphatic rings. The Bertz CT molecular complexity index is 400. The van der Waals surface area contributed by atoms with Gasteiger partial charge in [0.15, 0.2) is 0 Å². The molecule has 0 bridgehead atoms. The van der Waals surface area contributed by atoms with Gasteiger partial charge in [0.25, 0.3) is 0 Å². The predicted molar refractivity (Wildman–Crippen MR) is 82.0 cm³/mol. The van der Waals surface area contributed by atoms with Gasteiger partial charge in [-0.25, -0.2) is 0 Å². The average Bonchev–Trinajstić information content (AvgIpc) is 2.54. The van der Waals surface area contributed by atoms with Crippen LogP contribution in [0.25, 0.3) is 0 Å². The molecule has 0 aliphatic heterocycles. The minimum absolute atomic E-state index is 0.0214. The first kappa shape index (κ1) is 16.4. The molecule has 118 valence electrons. The van der Waals surface area contributed by atoms with Gasteiger partial charge in [-0.2, -0.15) is 0 Å². The fraction of sp³-hybridized carbons (Fsp3) is 0.647. The molecular formula is C17H26O4. The molecule has 4 nitrogen and oxygen atoms in total. The van der Waals surface area contributed by atoms with E-state index < -0.39 is 12.2 Å². The highest BCUT2D eigenvalue weighted by atomic mass is 16.6. The Morgan fingerprint density at radius 1 is 1.24 bits per heavy atom. The molecule has 0 fully saturated rings. The second kappa shape index (κ2) is 8.49. The molecule has 0 amide bonds. The van der Waals surface area contributed by atoms with E-state index in [-0.39, 0.29) is 18.8 Å². The lowest BCUT2D eigenvalue weighted by molar-refractivity contribution is -0.125. The van der Waals surface area contributed by atoms with E-state index in [0.29, 0.717) is 6.61 Å². The van der Waals surface area contributed by atoms with Gasteiger partial charge in [0.1, 0.15) is 12.2 Å². The largest absolute Gasteiger partial charge is 0.394 e. The molecule has 0 spiro atoms. The lowest BCUT2D eigenvalue weighted by atomic mass is 9.95. The number of hydrogen-bond donors (Lipinski definition) is 2. The summed E-state index contributed by atoms with van der Waals surface area (Å²) in [4.78, 5) is 0. The van der Waals surface area contributed by atoms with Crippen LogP contribution in [0.3, 0.4) is 0 Å². The summed E-state index contributed by atoms with van der Waals surface area (Å²) in [6.45, 7) is 2.33. The van der Waals surface area contributed by atoms with Crippen LogP contribution >= 0.6 is 0 Å². The first-order chi connectivity index (χ1) is 10.3. The van der Waals surface area contributed by atoms with Crippen LogP contribution in [0.1, 0.15) is 32.6 Å². The highest BCUT2D eigenvalue weighted by molar-refractivity contribution is 5.22. The molecule has 0 aromatic carbocycles. The summed E-state index contributed by atoms with van der Waals surface area (Å²) in [7, 11) is 0. The average molecular weight is 294 g/mol. The van der Waals surface area contributed by atoms with Crippen LogP contribution in [-0.2, 0) is 9.47 Å². The van der Waals surface area contributed by atoms with E-state index in [1.54, 1.807) is 0 Å². The molecule has 0 saturated heterocycles. The zero-order valence-corrected chi connectivity index (χ0v) is 12.6. The van der Waals surface area contributed by atoms with Crippen molar-refractivity contribution in [1.29, 1.82) is 0 Å². The van der Waals surface area contributed by atoms with Crippen molar-refractivity contribution in [3.8, 4) is 0 Å².